The number of hydrogen-bond acceptors (Lipinski definition) is 3. The largest absolute Gasteiger partial charge is 0.323 e. The van der Waals surface area contributed by atoms with Gasteiger partial charge in [0.05, 0.1) is 11.4 Å². The fourth-order valence-electron chi connectivity index (χ4n) is 2.25. The van der Waals surface area contributed by atoms with Crippen molar-refractivity contribution in [3.8, 4) is 0 Å². The topological polar surface area (TPSA) is 59.0 Å². The van der Waals surface area contributed by atoms with E-state index in [2.05, 4.69) is 15.7 Å². The summed E-state index contributed by atoms with van der Waals surface area (Å²) in [6, 6.07) is 0.334. The summed E-state index contributed by atoms with van der Waals surface area (Å²) in [5.41, 5.74) is 1.67. The zero-order chi connectivity index (χ0) is 12.3. The number of anilines is 1. The molecule has 1 atom stereocenters. The van der Waals surface area contributed by atoms with Gasteiger partial charge in [-0.3, -0.25) is 9.48 Å². The number of piperidine rings is 1. The maximum Gasteiger partial charge on any atom is 0.226 e. The molecular weight excluding hydrogens is 216 g/mol. The van der Waals surface area contributed by atoms with Gasteiger partial charge in [-0.2, -0.15) is 5.10 Å². The number of rotatable bonds is 3. The molecule has 0 aliphatic carbocycles. The van der Waals surface area contributed by atoms with Crippen molar-refractivity contribution >= 4 is 11.6 Å². The number of amides is 1. The van der Waals surface area contributed by atoms with E-state index < -0.39 is 0 Å². The second-order valence-electron chi connectivity index (χ2n) is 4.70. The molecule has 1 aromatic heterocycles. The molecule has 0 saturated carbocycles. The Hall–Kier alpha value is -1.36. The zero-order valence-electron chi connectivity index (χ0n) is 10.5. The Morgan fingerprint density at radius 3 is 3.06 bits per heavy atom. The predicted octanol–water partition coefficient (Wildman–Crippen LogP) is 1.20. The van der Waals surface area contributed by atoms with E-state index in [0.29, 0.717) is 12.5 Å². The van der Waals surface area contributed by atoms with Crippen LogP contribution in [0.25, 0.3) is 0 Å². The van der Waals surface area contributed by atoms with E-state index in [-0.39, 0.29) is 5.91 Å². The SMILES string of the molecule is Cc1nn(C)cc1NC(=O)CC1CCCCN1. The Kier molecular flexibility index (Phi) is 3.78. The van der Waals surface area contributed by atoms with Crippen LogP contribution in [-0.2, 0) is 11.8 Å². The molecule has 1 fully saturated rings. The van der Waals surface area contributed by atoms with E-state index in [1.54, 1.807) is 4.68 Å². The maximum atomic E-state index is 11.9. The number of carbonyl (C=O) groups is 1. The monoisotopic (exact) mass is 236 g/mol. The standard InChI is InChI=1S/C12H20N4O/c1-9-11(8-16(2)15-9)14-12(17)7-10-5-3-4-6-13-10/h8,10,13H,3-7H2,1-2H3,(H,14,17). The number of nitrogens with zero attached hydrogens (tertiary/aromatic N) is 2. The van der Waals surface area contributed by atoms with Crippen molar-refractivity contribution in [1.29, 1.82) is 0 Å². The third-order valence-corrected chi connectivity index (χ3v) is 3.13. The molecule has 0 spiro atoms. The Balaban J connectivity index is 1.86. The van der Waals surface area contributed by atoms with Crippen LogP contribution in [0.5, 0.6) is 0 Å². The molecule has 2 heterocycles. The van der Waals surface area contributed by atoms with Gasteiger partial charge in [-0.15, -0.1) is 0 Å². The van der Waals surface area contributed by atoms with E-state index in [1.807, 2.05) is 20.2 Å². The molecule has 2 N–H and O–H groups in total. The van der Waals surface area contributed by atoms with E-state index in [1.165, 1.54) is 12.8 Å². The molecule has 1 saturated heterocycles. The van der Waals surface area contributed by atoms with Gasteiger partial charge in [0.15, 0.2) is 0 Å². The fraction of sp³-hybridized carbons (Fsp3) is 0.667. The highest BCUT2D eigenvalue weighted by Gasteiger charge is 2.17. The zero-order valence-corrected chi connectivity index (χ0v) is 10.5. The number of carbonyl (C=O) groups excluding carboxylic acids is 1. The fourth-order valence-corrected chi connectivity index (χ4v) is 2.25. The summed E-state index contributed by atoms with van der Waals surface area (Å²) in [7, 11) is 1.85. The van der Waals surface area contributed by atoms with E-state index in [9.17, 15) is 4.79 Å². The van der Waals surface area contributed by atoms with Crippen LogP contribution >= 0.6 is 0 Å². The normalized spacial score (nSPS) is 20.2. The molecule has 1 aliphatic rings. The van der Waals surface area contributed by atoms with Crippen molar-refractivity contribution in [2.24, 2.45) is 7.05 Å². The number of aromatic nitrogens is 2. The van der Waals surface area contributed by atoms with Gasteiger partial charge in [0.2, 0.25) is 5.91 Å². The summed E-state index contributed by atoms with van der Waals surface area (Å²) in [4.78, 5) is 11.9. The van der Waals surface area contributed by atoms with Crippen molar-refractivity contribution in [2.75, 3.05) is 11.9 Å². The third kappa shape index (κ3) is 3.30. The molecular formula is C12H20N4O. The Labute approximate surface area is 102 Å². The van der Waals surface area contributed by atoms with Crippen LogP contribution in [0.4, 0.5) is 5.69 Å². The quantitative estimate of drug-likeness (QED) is 0.829. The molecule has 1 aromatic rings. The molecule has 1 amide bonds. The van der Waals surface area contributed by atoms with Gasteiger partial charge in [-0.05, 0) is 26.3 Å². The van der Waals surface area contributed by atoms with Crippen LogP contribution < -0.4 is 10.6 Å². The smallest absolute Gasteiger partial charge is 0.226 e. The first-order valence-electron chi connectivity index (χ1n) is 6.18. The highest BCUT2D eigenvalue weighted by molar-refractivity contribution is 5.91. The molecule has 0 bridgehead atoms. The summed E-state index contributed by atoms with van der Waals surface area (Å²) >= 11 is 0. The van der Waals surface area contributed by atoms with Gasteiger partial charge >= 0.3 is 0 Å². The molecule has 5 heteroatoms. The van der Waals surface area contributed by atoms with Crippen LogP contribution in [0, 0.1) is 6.92 Å². The average Bonchev–Trinajstić information content (AvgIpc) is 2.58. The van der Waals surface area contributed by atoms with Gasteiger partial charge < -0.3 is 10.6 Å². The summed E-state index contributed by atoms with van der Waals surface area (Å²) in [6.07, 6.45) is 5.92. The molecule has 1 unspecified atom stereocenters. The van der Waals surface area contributed by atoms with Crippen LogP contribution in [0.3, 0.4) is 0 Å². The minimum Gasteiger partial charge on any atom is -0.323 e. The lowest BCUT2D eigenvalue weighted by molar-refractivity contribution is -0.116. The number of nitrogens with one attached hydrogen (secondary N) is 2. The summed E-state index contributed by atoms with van der Waals surface area (Å²) in [5, 5.41) is 10.5. The van der Waals surface area contributed by atoms with E-state index in [0.717, 1.165) is 24.3 Å². The first kappa shape index (κ1) is 12.1. The average molecular weight is 236 g/mol. The Morgan fingerprint density at radius 2 is 2.47 bits per heavy atom. The lowest BCUT2D eigenvalue weighted by Crippen LogP contribution is -2.36. The molecule has 1 aliphatic heterocycles. The van der Waals surface area contributed by atoms with Crippen molar-refractivity contribution < 1.29 is 4.79 Å². The van der Waals surface area contributed by atoms with E-state index in [4.69, 9.17) is 0 Å². The lowest BCUT2D eigenvalue weighted by Gasteiger charge is -2.22. The van der Waals surface area contributed by atoms with Gasteiger partial charge in [0.1, 0.15) is 0 Å². The van der Waals surface area contributed by atoms with Crippen LogP contribution in [0.15, 0.2) is 6.20 Å². The first-order chi connectivity index (χ1) is 8.15. The highest BCUT2D eigenvalue weighted by Crippen LogP contribution is 2.14. The summed E-state index contributed by atoms with van der Waals surface area (Å²) in [6.45, 7) is 2.93. The van der Waals surface area contributed by atoms with Crippen molar-refractivity contribution in [3.05, 3.63) is 11.9 Å². The van der Waals surface area contributed by atoms with Crippen molar-refractivity contribution in [2.45, 2.75) is 38.6 Å². The van der Waals surface area contributed by atoms with Gasteiger partial charge in [0, 0.05) is 25.7 Å². The molecule has 2 rings (SSSR count). The van der Waals surface area contributed by atoms with E-state index >= 15 is 0 Å². The van der Waals surface area contributed by atoms with Crippen LogP contribution in [0.2, 0.25) is 0 Å². The Bertz CT molecular complexity index is 393. The third-order valence-electron chi connectivity index (χ3n) is 3.13. The predicted molar refractivity (Wildman–Crippen MR) is 66.8 cm³/mol. The molecule has 17 heavy (non-hydrogen) atoms. The minimum atomic E-state index is 0.0699. The number of hydrogen-bond donors (Lipinski definition) is 2. The lowest BCUT2D eigenvalue weighted by atomic mass is 10.0. The molecule has 0 radical (unpaired) electrons. The molecule has 5 nitrogen and oxygen atoms in total. The summed E-state index contributed by atoms with van der Waals surface area (Å²) < 4.78 is 1.71. The second-order valence-corrected chi connectivity index (χ2v) is 4.70. The molecule has 0 aromatic carbocycles. The van der Waals surface area contributed by atoms with Crippen LogP contribution in [0.1, 0.15) is 31.4 Å². The van der Waals surface area contributed by atoms with Crippen molar-refractivity contribution in [1.82, 2.24) is 15.1 Å². The Morgan fingerprint density at radius 1 is 1.65 bits per heavy atom. The van der Waals surface area contributed by atoms with Gasteiger partial charge in [0.25, 0.3) is 0 Å². The second kappa shape index (κ2) is 5.31. The molecule has 94 valence electrons. The van der Waals surface area contributed by atoms with Gasteiger partial charge in [-0.1, -0.05) is 6.42 Å². The summed E-state index contributed by atoms with van der Waals surface area (Å²) in [5.74, 6) is 0.0699. The van der Waals surface area contributed by atoms with Gasteiger partial charge in [-0.25, -0.2) is 0 Å². The highest BCUT2D eigenvalue weighted by atomic mass is 16.1. The van der Waals surface area contributed by atoms with Crippen molar-refractivity contribution in [3.63, 3.8) is 0 Å². The first-order valence-corrected chi connectivity index (χ1v) is 6.18. The minimum absolute atomic E-state index is 0.0699. The number of aryl methyl sites for hydroxylation is 2. The maximum absolute atomic E-state index is 11.9. The van der Waals surface area contributed by atoms with Crippen LogP contribution in [-0.4, -0.2) is 28.3 Å².